The summed E-state index contributed by atoms with van der Waals surface area (Å²) in [5.41, 5.74) is 0. The number of halogens is 3. The van der Waals surface area contributed by atoms with Gasteiger partial charge in [-0.2, -0.15) is 13.2 Å². The first-order valence-corrected chi connectivity index (χ1v) is 2.84. The maximum Gasteiger partial charge on any atom is 0.414 e. The Morgan fingerprint density at radius 3 is 2.00 bits per heavy atom. The van der Waals surface area contributed by atoms with Gasteiger partial charge in [0.1, 0.15) is 0 Å². The van der Waals surface area contributed by atoms with Gasteiger partial charge in [-0.3, -0.25) is 0 Å². The zero-order chi connectivity index (χ0) is 7.78. The van der Waals surface area contributed by atoms with Crippen molar-refractivity contribution in [3.8, 4) is 0 Å². The molecule has 1 rings (SSSR count). The lowest BCUT2D eigenvalue weighted by atomic mass is 10.0. The molecule has 1 atom stereocenters. The summed E-state index contributed by atoms with van der Waals surface area (Å²) in [6, 6.07) is 0. The molecule has 1 unspecified atom stereocenters. The van der Waals surface area contributed by atoms with E-state index >= 15 is 0 Å². The van der Waals surface area contributed by atoms with E-state index in [2.05, 4.69) is 4.74 Å². The predicted octanol–water partition coefficient (Wildman–Crippen LogP) is 0.556. The second-order valence-electron chi connectivity index (χ2n) is 2.28. The standard InChI is InChI=1S/C5H7F3O2/c6-5(7,8)4(9)3-1-10-2-3/h3-4,9H,1-2H2. The summed E-state index contributed by atoms with van der Waals surface area (Å²) in [6.45, 7) is 0.0291. The van der Waals surface area contributed by atoms with Crippen LogP contribution in [0, 0.1) is 5.92 Å². The van der Waals surface area contributed by atoms with Gasteiger partial charge in [-0.15, -0.1) is 0 Å². The molecule has 0 aromatic heterocycles. The monoisotopic (exact) mass is 156 g/mol. The van der Waals surface area contributed by atoms with E-state index in [9.17, 15) is 13.2 Å². The number of aliphatic hydroxyl groups excluding tert-OH is 1. The molecule has 2 nitrogen and oxygen atoms in total. The van der Waals surface area contributed by atoms with E-state index in [1.54, 1.807) is 0 Å². The minimum absolute atomic E-state index is 0.0146. The molecule has 0 aliphatic carbocycles. The molecule has 1 aliphatic heterocycles. The van der Waals surface area contributed by atoms with Crippen LogP contribution in [-0.4, -0.2) is 30.6 Å². The fourth-order valence-electron chi connectivity index (χ4n) is 0.703. The Hall–Kier alpha value is -0.290. The smallest absolute Gasteiger partial charge is 0.383 e. The van der Waals surface area contributed by atoms with Gasteiger partial charge < -0.3 is 9.84 Å². The Labute approximate surface area is 55.6 Å². The highest BCUT2D eigenvalue weighted by Crippen LogP contribution is 2.29. The molecule has 0 aromatic rings. The second-order valence-corrected chi connectivity index (χ2v) is 2.28. The van der Waals surface area contributed by atoms with Crippen LogP contribution in [-0.2, 0) is 4.74 Å². The third kappa shape index (κ3) is 1.41. The summed E-state index contributed by atoms with van der Waals surface area (Å²) in [5, 5.41) is 8.50. The van der Waals surface area contributed by atoms with E-state index in [4.69, 9.17) is 5.11 Å². The molecule has 0 aromatic carbocycles. The Kier molecular flexibility index (Phi) is 1.87. The van der Waals surface area contributed by atoms with Gasteiger partial charge in [0.15, 0.2) is 6.10 Å². The molecule has 1 saturated heterocycles. The number of alkyl halides is 3. The van der Waals surface area contributed by atoms with Crippen LogP contribution >= 0.6 is 0 Å². The average molecular weight is 156 g/mol. The lowest BCUT2D eigenvalue weighted by Gasteiger charge is -2.31. The zero-order valence-electron chi connectivity index (χ0n) is 5.06. The van der Waals surface area contributed by atoms with Gasteiger partial charge in [0.25, 0.3) is 0 Å². The van der Waals surface area contributed by atoms with Crippen LogP contribution in [0.25, 0.3) is 0 Å². The fraction of sp³-hybridized carbons (Fsp3) is 1.00. The Bertz CT molecular complexity index is 119. The van der Waals surface area contributed by atoms with Crippen molar-refractivity contribution in [3.05, 3.63) is 0 Å². The van der Waals surface area contributed by atoms with Crippen molar-refractivity contribution in [2.45, 2.75) is 12.3 Å². The topological polar surface area (TPSA) is 29.5 Å². The van der Waals surface area contributed by atoms with Crippen molar-refractivity contribution in [2.24, 2.45) is 5.92 Å². The van der Waals surface area contributed by atoms with Crippen LogP contribution in [0.5, 0.6) is 0 Å². The number of ether oxygens (including phenoxy) is 1. The van der Waals surface area contributed by atoms with Crippen LogP contribution in [0.2, 0.25) is 0 Å². The zero-order valence-corrected chi connectivity index (χ0v) is 5.06. The van der Waals surface area contributed by atoms with Crippen molar-refractivity contribution in [1.82, 2.24) is 0 Å². The van der Waals surface area contributed by atoms with Crippen molar-refractivity contribution in [1.29, 1.82) is 0 Å². The summed E-state index contributed by atoms with van der Waals surface area (Å²) in [4.78, 5) is 0. The molecule has 60 valence electrons. The molecule has 1 N–H and O–H groups in total. The number of aliphatic hydroxyl groups is 1. The largest absolute Gasteiger partial charge is 0.414 e. The van der Waals surface area contributed by atoms with Gasteiger partial charge in [0.05, 0.1) is 13.2 Å². The SMILES string of the molecule is OC(C1COC1)C(F)(F)F. The molecule has 1 fully saturated rings. The van der Waals surface area contributed by atoms with E-state index in [1.165, 1.54) is 0 Å². The minimum atomic E-state index is -4.49. The van der Waals surface area contributed by atoms with E-state index in [1.807, 2.05) is 0 Å². The molecule has 0 spiro atoms. The molecular weight excluding hydrogens is 149 g/mol. The van der Waals surface area contributed by atoms with Gasteiger partial charge in [-0.25, -0.2) is 0 Å². The maximum atomic E-state index is 11.6. The van der Waals surface area contributed by atoms with Crippen molar-refractivity contribution in [2.75, 3.05) is 13.2 Å². The first kappa shape index (κ1) is 7.81. The molecule has 5 heteroatoms. The molecule has 0 radical (unpaired) electrons. The highest BCUT2D eigenvalue weighted by molar-refractivity contribution is 4.79. The highest BCUT2D eigenvalue weighted by Gasteiger charge is 2.45. The highest BCUT2D eigenvalue weighted by atomic mass is 19.4. The maximum absolute atomic E-state index is 11.6. The average Bonchev–Trinajstić information content (AvgIpc) is 1.57. The van der Waals surface area contributed by atoms with Crippen molar-refractivity contribution in [3.63, 3.8) is 0 Å². The van der Waals surface area contributed by atoms with E-state index in [-0.39, 0.29) is 13.2 Å². The Balaban J connectivity index is 2.39. The van der Waals surface area contributed by atoms with Gasteiger partial charge in [-0.05, 0) is 0 Å². The van der Waals surface area contributed by atoms with E-state index in [0.717, 1.165) is 0 Å². The Morgan fingerprint density at radius 1 is 1.40 bits per heavy atom. The summed E-state index contributed by atoms with van der Waals surface area (Å²) in [7, 11) is 0. The van der Waals surface area contributed by atoms with Crippen molar-refractivity contribution < 1.29 is 23.0 Å². The van der Waals surface area contributed by atoms with Crippen LogP contribution in [0.1, 0.15) is 0 Å². The van der Waals surface area contributed by atoms with Gasteiger partial charge >= 0.3 is 6.18 Å². The minimum Gasteiger partial charge on any atom is -0.383 e. The fourth-order valence-corrected chi connectivity index (χ4v) is 0.703. The van der Waals surface area contributed by atoms with E-state index in [0.29, 0.717) is 0 Å². The number of hydrogen-bond donors (Lipinski definition) is 1. The molecule has 1 heterocycles. The quantitative estimate of drug-likeness (QED) is 0.601. The van der Waals surface area contributed by atoms with Gasteiger partial charge in [-0.1, -0.05) is 0 Å². The number of hydrogen-bond acceptors (Lipinski definition) is 2. The molecule has 0 bridgehead atoms. The predicted molar refractivity (Wildman–Crippen MR) is 26.4 cm³/mol. The Morgan fingerprint density at radius 2 is 1.90 bits per heavy atom. The first-order chi connectivity index (χ1) is 4.52. The van der Waals surface area contributed by atoms with Gasteiger partial charge in [0, 0.05) is 5.92 Å². The van der Waals surface area contributed by atoms with Crippen LogP contribution in [0.15, 0.2) is 0 Å². The molecule has 1 aliphatic rings. The van der Waals surface area contributed by atoms with Crippen molar-refractivity contribution >= 4 is 0 Å². The summed E-state index contributed by atoms with van der Waals surface area (Å²) < 4.78 is 39.3. The summed E-state index contributed by atoms with van der Waals surface area (Å²) >= 11 is 0. The van der Waals surface area contributed by atoms with Gasteiger partial charge in [0.2, 0.25) is 0 Å². The summed E-state index contributed by atoms with van der Waals surface area (Å²) in [6.07, 6.45) is -6.70. The second kappa shape index (κ2) is 2.39. The van der Waals surface area contributed by atoms with Crippen LogP contribution < -0.4 is 0 Å². The van der Waals surface area contributed by atoms with Crippen LogP contribution in [0.4, 0.5) is 13.2 Å². The third-order valence-corrected chi connectivity index (χ3v) is 1.45. The first-order valence-electron chi connectivity index (χ1n) is 2.84. The molecule has 10 heavy (non-hydrogen) atoms. The molecular formula is C5H7F3O2. The molecule has 0 saturated carbocycles. The number of rotatable bonds is 1. The van der Waals surface area contributed by atoms with Crippen LogP contribution in [0.3, 0.4) is 0 Å². The third-order valence-electron chi connectivity index (χ3n) is 1.45. The lowest BCUT2D eigenvalue weighted by Crippen LogP contribution is -2.45. The summed E-state index contributed by atoms with van der Waals surface area (Å²) in [5.74, 6) is -0.750. The van der Waals surface area contributed by atoms with E-state index < -0.39 is 18.2 Å². The lowest BCUT2D eigenvalue weighted by molar-refractivity contribution is -0.247. The molecule has 0 amide bonds. The normalized spacial score (nSPS) is 24.0.